The zero-order valence-electron chi connectivity index (χ0n) is 10.6. The normalized spacial score (nSPS) is 23.4. The van der Waals surface area contributed by atoms with E-state index in [0.717, 1.165) is 30.8 Å². The first-order valence-electron chi connectivity index (χ1n) is 6.48. The molecule has 4 heteroatoms. The fourth-order valence-electron chi connectivity index (χ4n) is 2.72. The summed E-state index contributed by atoms with van der Waals surface area (Å²) >= 11 is 0. The van der Waals surface area contributed by atoms with Crippen molar-refractivity contribution in [3.63, 3.8) is 0 Å². The van der Waals surface area contributed by atoms with Crippen LogP contribution in [0.1, 0.15) is 12.8 Å². The van der Waals surface area contributed by atoms with E-state index < -0.39 is 0 Å². The quantitative estimate of drug-likeness (QED) is 0.795. The predicted molar refractivity (Wildman–Crippen MR) is 71.0 cm³/mol. The highest BCUT2D eigenvalue weighted by Gasteiger charge is 2.30. The van der Waals surface area contributed by atoms with Gasteiger partial charge in [0.15, 0.2) is 0 Å². The second kappa shape index (κ2) is 4.61. The van der Waals surface area contributed by atoms with E-state index in [1.807, 2.05) is 35.0 Å². The Morgan fingerprint density at radius 3 is 2.83 bits per heavy atom. The largest absolute Gasteiger partial charge is 0.376 e. The lowest BCUT2D eigenvalue weighted by atomic mass is 10.1. The van der Waals surface area contributed by atoms with Crippen LogP contribution in [0.3, 0.4) is 0 Å². The van der Waals surface area contributed by atoms with Crippen molar-refractivity contribution in [2.75, 3.05) is 36.5 Å². The van der Waals surface area contributed by atoms with Crippen LogP contribution in [0.4, 0.5) is 11.4 Å². The molecule has 0 radical (unpaired) electrons. The number of nitrogens with zero attached hydrogens (tertiary/aromatic N) is 2. The molecule has 1 fully saturated rings. The number of hydrogen-bond acceptors (Lipinski definition) is 3. The van der Waals surface area contributed by atoms with Crippen LogP contribution in [0.5, 0.6) is 0 Å². The average molecular weight is 246 g/mol. The van der Waals surface area contributed by atoms with Crippen molar-refractivity contribution in [1.29, 1.82) is 0 Å². The summed E-state index contributed by atoms with van der Waals surface area (Å²) in [6.45, 7) is 1.96. The Kier molecular flexibility index (Phi) is 2.96. The van der Waals surface area contributed by atoms with Crippen LogP contribution in [0.2, 0.25) is 0 Å². The van der Waals surface area contributed by atoms with E-state index in [9.17, 15) is 4.79 Å². The summed E-state index contributed by atoms with van der Waals surface area (Å²) in [7, 11) is 1.96. The Labute approximate surface area is 107 Å². The number of amides is 1. The van der Waals surface area contributed by atoms with Crippen molar-refractivity contribution < 1.29 is 9.53 Å². The fraction of sp³-hybridized carbons (Fsp3) is 0.500. The maximum atomic E-state index is 12.2. The lowest BCUT2D eigenvalue weighted by molar-refractivity contribution is -0.117. The molecular formula is C14H18N2O2. The monoisotopic (exact) mass is 246 g/mol. The first kappa shape index (κ1) is 11.5. The van der Waals surface area contributed by atoms with Gasteiger partial charge in [-0.15, -0.1) is 0 Å². The minimum absolute atomic E-state index is 0.159. The fourth-order valence-corrected chi connectivity index (χ4v) is 2.72. The minimum atomic E-state index is 0.159. The molecule has 1 saturated heterocycles. The molecule has 0 N–H and O–H groups in total. The van der Waals surface area contributed by atoms with Crippen LogP contribution in [0.15, 0.2) is 24.3 Å². The summed E-state index contributed by atoms with van der Waals surface area (Å²) in [6, 6.07) is 8.06. The van der Waals surface area contributed by atoms with E-state index in [1.165, 1.54) is 0 Å². The molecule has 2 aliphatic heterocycles. The second-order valence-electron chi connectivity index (χ2n) is 4.98. The maximum Gasteiger partial charge on any atom is 0.246 e. The van der Waals surface area contributed by atoms with Gasteiger partial charge in [0.05, 0.1) is 30.6 Å². The molecule has 0 bridgehead atoms. The average Bonchev–Trinajstić information content (AvgIpc) is 2.87. The molecule has 0 saturated carbocycles. The number of fused-ring (bicyclic) bond motifs is 1. The van der Waals surface area contributed by atoms with Crippen LogP contribution in [0, 0.1) is 0 Å². The Hall–Kier alpha value is -1.55. The molecule has 2 heterocycles. The Morgan fingerprint density at radius 2 is 2.11 bits per heavy atom. The molecule has 1 atom stereocenters. The van der Waals surface area contributed by atoms with Gasteiger partial charge in [-0.25, -0.2) is 0 Å². The zero-order chi connectivity index (χ0) is 12.5. The SMILES string of the molecule is CN1CC(=O)N(CC2CCCO2)c2ccccc21. The Balaban J connectivity index is 1.88. The summed E-state index contributed by atoms with van der Waals surface area (Å²) in [5, 5.41) is 0. The third kappa shape index (κ3) is 1.97. The number of hydrogen-bond donors (Lipinski definition) is 0. The van der Waals surface area contributed by atoms with E-state index in [0.29, 0.717) is 13.1 Å². The van der Waals surface area contributed by atoms with Gasteiger partial charge in [0.1, 0.15) is 0 Å². The minimum Gasteiger partial charge on any atom is -0.376 e. The summed E-state index contributed by atoms with van der Waals surface area (Å²) < 4.78 is 5.64. The standard InChI is InChI=1S/C14H18N2O2/c1-15-10-14(17)16(9-11-5-4-8-18-11)13-7-3-2-6-12(13)15/h2-3,6-7,11H,4-5,8-10H2,1H3. The van der Waals surface area contributed by atoms with Crippen molar-refractivity contribution in [3.05, 3.63) is 24.3 Å². The number of anilines is 2. The third-order valence-electron chi connectivity index (χ3n) is 3.67. The van der Waals surface area contributed by atoms with E-state index >= 15 is 0 Å². The van der Waals surface area contributed by atoms with Gasteiger partial charge >= 0.3 is 0 Å². The van der Waals surface area contributed by atoms with E-state index in [2.05, 4.69) is 6.07 Å². The third-order valence-corrected chi connectivity index (χ3v) is 3.67. The molecule has 3 rings (SSSR count). The molecule has 0 spiro atoms. The lowest BCUT2D eigenvalue weighted by Crippen LogP contribution is -2.47. The summed E-state index contributed by atoms with van der Waals surface area (Å²) in [5.74, 6) is 0.159. The smallest absolute Gasteiger partial charge is 0.246 e. The van der Waals surface area contributed by atoms with Crippen molar-refractivity contribution in [2.45, 2.75) is 18.9 Å². The van der Waals surface area contributed by atoms with Gasteiger partial charge in [-0.05, 0) is 25.0 Å². The van der Waals surface area contributed by atoms with Gasteiger partial charge in [-0.3, -0.25) is 4.79 Å². The van der Waals surface area contributed by atoms with Crippen molar-refractivity contribution in [1.82, 2.24) is 0 Å². The number of para-hydroxylation sites is 2. The van der Waals surface area contributed by atoms with E-state index in [4.69, 9.17) is 4.74 Å². The van der Waals surface area contributed by atoms with E-state index in [1.54, 1.807) is 0 Å². The Morgan fingerprint density at radius 1 is 1.33 bits per heavy atom. The van der Waals surface area contributed by atoms with Gasteiger partial charge in [-0.1, -0.05) is 12.1 Å². The number of likely N-dealkylation sites (N-methyl/N-ethyl adjacent to an activating group) is 1. The number of carbonyl (C=O) groups excluding carboxylic acids is 1. The van der Waals surface area contributed by atoms with Crippen molar-refractivity contribution in [2.24, 2.45) is 0 Å². The molecule has 4 nitrogen and oxygen atoms in total. The van der Waals surface area contributed by atoms with Gasteiger partial charge in [0.2, 0.25) is 5.91 Å². The van der Waals surface area contributed by atoms with Crippen LogP contribution in [-0.4, -0.2) is 38.8 Å². The number of ether oxygens (including phenoxy) is 1. The summed E-state index contributed by atoms with van der Waals surface area (Å²) in [6.07, 6.45) is 2.36. The highest BCUT2D eigenvalue weighted by molar-refractivity contribution is 6.03. The van der Waals surface area contributed by atoms with Crippen LogP contribution >= 0.6 is 0 Å². The first-order valence-corrected chi connectivity index (χ1v) is 6.48. The van der Waals surface area contributed by atoms with Crippen molar-refractivity contribution in [3.8, 4) is 0 Å². The molecule has 96 valence electrons. The summed E-state index contributed by atoms with van der Waals surface area (Å²) in [5.41, 5.74) is 2.13. The van der Waals surface area contributed by atoms with Crippen LogP contribution in [0.25, 0.3) is 0 Å². The first-order chi connectivity index (χ1) is 8.75. The zero-order valence-corrected chi connectivity index (χ0v) is 10.6. The molecule has 1 aromatic rings. The molecule has 1 aromatic carbocycles. The van der Waals surface area contributed by atoms with Gasteiger partial charge in [-0.2, -0.15) is 0 Å². The van der Waals surface area contributed by atoms with Crippen LogP contribution in [-0.2, 0) is 9.53 Å². The number of benzene rings is 1. The maximum absolute atomic E-state index is 12.2. The molecule has 1 amide bonds. The van der Waals surface area contributed by atoms with Crippen LogP contribution < -0.4 is 9.80 Å². The molecule has 18 heavy (non-hydrogen) atoms. The van der Waals surface area contributed by atoms with E-state index in [-0.39, 0.29) is 12.0 Å². The predicted octanol–water partition coefficient (Wildman–Crippen LogP) is 1.65. The molecule has 0 aromatic heterocycles. The highest BCUT2D eigenvalue weighted by Crippen LogP contribution is 2.33. The number of rotatable bonds is 2. The second-order valence-corrected chi connectivity index (χ2v) is 4.98. The topological polar surface area (TPSA) is 32.8 Å². The van der Waals surface area contributed by atoms with Gasteiger partial charge < -0.3 is 14.5 Å². The molecule has 1 unspecified atom stereocenters. The molecular weight excluding hydrogens is 228 g/mol. The lowest BCUT2D eigenvalue weighted by Gasteiger charge is -2.36. The van der Waals surface area contributed by atoms with Gasteiger partial charge in [0.25, 0.3) is 0 Å². The van der Waals surface area contributed by atoms with Gasteiger partial charge in [0, 0.05) is 13.7 Å². The molecule has 0 aliphatic carbocycles. The molecule has 2 aliphatic rings. The Bertz CT molecular complexity index is 455. The highest BCUT2D eigenvalue weighted by atomic mass is 16.5. The number of carbonyl (C=O) groups is 1. The van der Waals surface area contributed by atoms with Crippen molar-refractivity contribution >= 4 is 17.3 Å². The summed E-state index contributed by atoms with van der Waals surface area (Å²) in [4.78, 5) is 16.1.